The summed E-state index contributed by atoms with van der Waals surface area (Å²) in [5.41, 5.74) is 0.767. The van der Waals surface area contributed by atoms with Crippen molar-refractivity contribution in [3.8, 4) is 0 Å². The monoisotopic (exact) mass is 311 g/mol. The van der Waals surface area contributed by atoms with Gasteiger partial charge in [-0.25, -0.2) is 13.1 Å². The molecular weight excluding hydrogens is 302 g/mol. The molecule has 0 saturated carbocycles. The van der Waals surface area contributed by atoms with Crippen molar-refractivity contribution in [1.82, 2.24) is 4.72 Å². The summed E-state index contributed by atoms with van der Waals surface area (Å²) in [5.74, 6) is 0. The fourth-order valence-electron chi connectivity index (χ4n) is 1.19. The number of alkyl halides is 1. The molecule has 0 aliphatic rings. The summed E-state index contributed by atoms with van der Waals surface area (Å²) in [7, 11) is -3.28. The van der Waals surface area contributed by atoms with Crippen molar-refractivity contribution in [3.63, 3.8) is 0 Å². The standard InChI is InChI=1S/C9H11BrClNO2S/c1-7(12-15(13,14)6-10)8-4-2-3-5-9(8)11/h2-5,7,12H,6H2,1H3/t7-/m0/s1. The Morgan fingerprint density at radius 1 is 1.47 bits per heavy atom. The summed E-state index contributed by atoms with van der Waals surface area (Å²) >= 11 is 8.85. The molecular formula is C9H11BrClNO2S. The zero-order chi connectivity index (χ0) is 11.5. The van der Waals surface area contributed by atoms with E-state index >= 15 is 0 Å². The van der Waals surface area contributed by atoms with Crippen LogP contribution < -0.4 is 4.72 Å². The smallest absolute Gasteiger partial charge is 0.212 e. The van der Waals surface area contributed by atoms with Crippen LogP contribution in [-0.2, 0) is 10.0 Å². The van der Waals surface area contributed by atoms with Crippen molar-refractivity contribution in [2.75, 3.05) is 4.66 Å². The van der Waals surface area contributed by atoms with Crippen LogP contribution in [0.15, 0.2) is 24.3 Å². The molecule has 0 aromatic heterocycles. The first-order chi connectivity index (χ1) is 6.96. The molecule has 0 heterocycles. The molecule has 15 heavy (non-hydrogen) atoms. The molecule has 1 N–H and O–H groups in total. The van der Waals surface area contributed by atoms with Gasteiger partial charge in [0.1, 0.15) is 4.66 Å². The molecule has 0 spiro atoms. The van der Waals surface area contributed by atoms with Crippen molar-refractivity contribution < 1.29 is 8.42 Å². The minimum absolute atomic E-state index is 0.116. The number of hydrogen-bond donors (Lipinski definition) is 1. The van der Waals surface area contributed by atoms with E-state index in [4.69, 9.17) is 11.6 Å². The fraction of sp³-hybridized carbons (Fsp3) is 0.333. The summed E-state index contributed by atoms with van der Waals surface area (Å²) in [4.78, 5) is 0. The number of sulfonamides is 1. The second-order valence-electron chi connectivity index (χ2n) is 3.08. The first-order valence-electron chi connectivity index (χ1n) is 4.26. The molecule has 0 radical (unpaired) electrons. The molecule has 1 rings (SSSR count). The van der Waals surface area contributed by atoms with Crippen molar-refractivity contribution in [2.24, 2.45) is 0 Å². The van der Waals surface area contributed by atoms with Gasteiger partial charge in [0.2, 0.25) is 10.0 Å². The van der Waals surface area contributed by atoms with Gasteiger partial charge in [0, 0.05) is 11.1 Å². The third-order valence-electron chi connectivity index (χ3n) is 1.87. The SMILES string of the molecule is C[C@H](NS(=O)(=O)CBr)c1ccccc1Cl. The molecule has 0 aliphatic carbocycles. The van der Waals surface area contributed by atoms with Gasteiger partial charge < -0.3 is 0 Å². The number of hydrogen-bond acceptors (Lipinski definition) is 2. The van der Waals surface area contributed by atoms with Gasteiger partial charge >= 0.3 is 0 Å². The number of benzene rings is 1. The quantitative estimate of drug-likeness (QED) is 0.869. The minimum atomic E-state index is -3.28. The first kappa shape index (κ1) is 13.0. The highest BCUT2D eigenvalue weighted by molar-refractivity contribution is 9.10. The van der Waals surface area contributed by atoms with Crippen molar-refractivity contribution in [2.45, 2.75) is 13.0 Å². The molecule has 0 aliphatic heterocycles. The van der Waals surface area contributed by atoms with E-state index in [-0.39, 0.29) is 10.7 Å². The molecule has 0 saturated heterocycles. The highest BCUT2D eigenvalue weighted by Crippen LogP contribution is 2.22. The van der Waals surface area contributed by atoms with Gasteiger partial charge in [-0.15, -0.1) is 0 Å². The Bertz CT molecular complexity index is 435. The molecule has 0 amide bonds. The summed E-state index contributed by atoms with van der Waals surface area (Å²) in [6, 6.07) is 6.82. The van der Waals surface area contributed by atoms with Gasteiger partial charge in [-0.2, -0.15) is 0 Å². The normalized spacial score (nSPS) is 13.8. The van der Waals surface area contributed by atoms with Gasteiger partial charge in [-0.3, -0.25) is 0 Å². The van der Waals surface area contributed by atoms with E-state index in [1.54, 1.807) is 25.1 Å². The maximum Gasteiger partial charge on any atom is 0.222 e. The van der Waals surface area contributed by atoms with Crippen LogP contribution in [0.2, 0.25) is 5.02 Å². The minimum Gasteiger partial charge on any atom is -0.212 e. The Morgan fingerprint density at radius 3 is 2.60 bits per heavy atom. The summed E-state index contributed by atoms with van der Waals surface area (Å²) in [5, 5.41) is 0.558. The molecule has 1 aromatic carbocycles. The Balaban J connectivity index is 2.87. The molecule has 0 fully saturated rings. The molecule has 0 unspecified atom stereocenters. The highest BCUT2D eigenvalue weighted by atomic mass is 79.9. The Kier molecular flexibility index (Phi) is 4.58. The van der Waals surface area contributed by atoms with E-state index in [0.717, 1.165) is 5.56 Å². The maximum atomic E-state index is 11.3. The van der Waals surface area contributed by atoms with E-state index in [1.165, 1.54) is 0 Å². The Morgan fingerprint density at radius 2 is 2.07 bits per heavy atom. The van der Waals surface area contributed by atoms with Crippen LogP contribution in [-0.4, -0.2) is 13.1 Å². The van der Waals surface area contributed by atoms with Crippen LogP contribution in [0.1, 0.15) is 18.5 Å². The van der Waals surface area contributed by atoms with Crippen LogP contribution in [0.3, 0.4) is 0 Å². The molecule has 0 bridgehead atoms. The van der Waals surface area contributed by atoms with Crippen LogP contribution in [0, 0.1) is 0 Å². The maximum absolute atomic E-state index is 11.3. The van der Waals surface area contributed by atoms with Crippen LogP contribution >= 0.6 is 27.5 Å². The third kappa shape index (κ3) is 3.75. The lowest BCUT2D eigenvalue weighted by Gasteiger charge is -2.14. The fourth-order valence-corrected chi connectivity index (χ4v) is 2.62. The lowest BCUT2D eigenvalue weighted by Crippen LogP contribution is -2.27. The van der Waals surface area contributed by atoms with Crippen molar-refractivity contribution in [3.05, 3.63) is 34.9 Å². The second-order valence-corrected chi connectivity index (χ2v) is 6.55. The lowest BCUT2D eigenvalue weighted by molar-refractivity contribution is 0.572. The largest absolute Gasteiger partial charge is 0.222 e. The third-order valence-corrected chi connectivity index (χ3v) is 5.02. The Labute approximate surface area is 103 Å². The van der Waals surface area contributed by atoms with E-state index in [2.05, 4.69) is 20.7 Å². The second kappa shape index (κ2) is 5.30. The molecule has 84 valence electrons. The predicted molar refractivity (Wildman–Crippen MR) is 65.7 cm³/mol. The van der Waals surface area contributed by atoms with Crippen molar-refractivity contribution in [1.29, 1.82) is 0 Å². The molecule has 6 heteroatoms. The predicted octanol–water partition coefficient (Wildman–Crippen LogP) is 2.67. The lowest BCUT2D eigenvalue weighted by atomic mass is 10.1. The average molecular weight is 313 g/mol. The zero-order valence-electron chi connectivity index (χ0n) is 8.07. The number of nitrogens with one attached hydrogen (secondary N) is 1. The van der Waals surface area contributed by atoms with E-state index in [1.807, 2.05) is 6.07 Å². The van der Waals surface area contributed by atoms with Gasteiger partial charge in [-0.05, 0) is 18.6 Å². The van der Waals surface area contributed by atoms with Crippen molar-refractivity contribution >= 4 is 37.6 Å². The van der Waals surface area contributed by atoms with Gasteiger partial charge in [0.15, 0.2) is 0 Å². The Hall–Kier alpha value is -0.100. The van der Waals surface area contributed by atoms with Gasteiger partial charge in [-0.1, -0.05) is 45.7 Å². The van der Waals surface area contributed by atoms with Gasteiger partial charge in [0.05, 0.1) is 0 Å². The molecule has 1 aromatic rings. The number of rotatable bonds is 4. The first-order valence-corrected chi connectivity index (χ1v) is 7.42. The molecule has 3 nitrogen and oxygen atoms in total. The highest BCUT2D eigenvalue weighted by Gasteiger charge is 2.15. The summed E-state index contributed by atoms with van der Waals surface area (Å²) < 4.78 is 25.0. The topological polar surface area (TPSA) is 46.2 Å². The zero-order valence-corrected chi connectivity index (χ0v) is 11.2. The van der Waals surface area contributed by atoms with E-state index < -0.39 is 10.0 Å². The summed E-state index contributed by atoms with van der Waals surface area (Å²) in [6.45, 7) is 1.75. The van der Waals surface area contributed by atoms with E-state index in [0.29, 0.717) is 5.02 Å². The van der Waals surface area contributed by atoms with E-state index in [9.17, 15) is 8.42 Å². The molecule has 1 atom stereocenters. The summed E-state index contributed by atoms with van der Waals surface area (Å²) in [6.07, 6.45) is 0. The van der Waals surface area contributed by atoms with Crippen LogP contribution in [0.4, 0.5) is 0 Å². The number of halogens is 2. The van der Waals surface area contributed by atoms with Crippen LogP contribution in [0.5, 0.6) is 0 Å². The van der Waals surface area contributed by atoms with Gasteiger partial charge in [0.25, 0.3) is 0 Å². The van der Waals surface area contributed by atoms with Crippen LogP contribution in [0.25, 0.3) is 0 Å². The average Bonchev–Trinajstić information content (AvgIpc) is 2.17.